The molecule has 0 radical (unpaired) electrons. The number of esters is 1. The molecule has 1 fully saturated rings. The van der Waals surface area contributed by atoms with E-state index in [1.807, 2.05) is 26.8 Å². The summed E-state index contributed by atoms with van der Waals surface area (Å²) in [6.07, 6.45) is 1.54. The molecule has 0 spiro atoms. The van der Waals surface area contributed by atoms with Crippen molar-refractivity contribution in [2.24, 2.45) is 0 Å². The van der Waals surface area contributed by atoms with Crippen molar-refractivity contribution >= 4 is 5.97 Å². The predicted octanol–water partition coefficient (Wildman–Crippen LogP) is 2.32. The standard InChI is InChI=1S/C18H25NO4/c1-17(2)16(21)18(3,19-9-5-6-10-19)13-11-12(15(20)22-4)7-8-14(13)23-17/h7-8,11,16,21H,5-6,9-10H2,1-4H3/t16-,18-/m0/s1. The van der Waals surface area contributed by atoms with E-state index in [2.05, 4.69) is 4.90 Å². The monoisotopic (exact) mass is 319 g/mol. The van der Waals surface area contributed by atoms with Gasteiger partial charge in [-0.15, -0.1) is 0 Å². The molecule has 2 heterocycles. The van der Waals surface area contributed by atoms with E-state index in [1.54, 1.807) is 12.1 Å². The third kappa shape index (κ3) is 2.42. The summed E-state index contributed by atoms with van der Waals surface area (Å²) < 4.78 is 10.9. The Kier molecular flexibility index (Phi) is 3.89. The Morgan fingerprint density at radius 1 is 1.30 bits per heavy atom. The second-order valence-electron chi connectivity index (χ2n) is 7.15. The molecule has 0 unspecified atom stereocenters. The zero-order valence-electron chi connectivity index (χ0n) is 14.3. The average molecular weight is 319 g/mol. The molecule has 5 nitrogen and oxygen atoms in total. The van der Waals surface area contributed by atoms with E-state index in [0.29, 0.717) is 5.56 Å². The number of hydrogen-bond acceptors (Lipinski definition) is 5. The fourth-order valence-electron chi connectivity index (χ4n) is 3.95. The van der Waals surface area contributed by atoms with Gasteiger partial charge in [0.2, 0.25) is 0 Å². The normalized spacial score (nSPS) is 29.7. The molecule has 2 atom stereocenters. The molecule has 126 valence electrons. The molecule has 2 aliphatic rings. The van der Waals surface area contributed by atoms with E-state index in [-0.39, 0.29) is 5.97 Å². The summed E-state index contributed by atoms with van der Waals surface area (Å²) in [5.41, 5.74) is 0.0515. The van der Waals surface area contributed by atoms with Crippen LogP contribution in [0.25, 0.3) is 0 Å². The van der Waals surface area contributed by atoms with Crippen LogP contribution in [0.1, 0.15) is 49.5 Å². The molecule has 5 heteroatoms. The second-order valence-corrected chi connectivity index (χ2v) is 7.15. The highest BCUT2D eigenvalue weighted by molar-refractivity contribution is 5.90. The average Bonchev–Trinajstić information content (AvgIpc) is 3.06. The molecule has 0 saturated carbocycles. The van der Waals surface area contributed by atoms with Gasteiger partial charge in [0, 0.05) is 5.56 Å². The lowest BCUT2D eigenvalue weighted by Crippen LogP contribution is -2.63. The highest BCUT2D eigenvalue weighted by Crippen LogP contribution is 2.48. The van der Waals surface area contributed by atoms with E-state index in [4.69, 9.17) is 9.47 Å². The zero-order valence-corrected chi connectivity index (χ0v) is 14.3. The van der Waals surface area contributed by atoms with Crippen LogP contribution in [0.3, 0.4) is 0 Å². The van der Waals surface area contributed by atoms with Gasteiger partial charge in [-0.05, 0) is 64.9 Å². The van der Waals surface area contributed by atoms with E-state index < -0.39 is 17.2 Å². The lowest BCUT2D eigenvalue weighted by atomic mass is 9.74. The van der Waals surface area contributed by atoms with Crippen molar-refractivity contribution in [2.45, 2.75) is 50.9 Å². The van der Waals surface area contributed by atoms with E-state index in [1.165, 1.54) is 7.11 Å². The van der Waals surface area contributed by atoms with Crippen LogP contribution in [0.4, 0.5) is 0 Å². The Bertz CT molecular complexity index is 621. The summed E-state index contributed by atoms with van der Waals surface area (Å²) in [4.78, 5) is 14.2. The molecule has 23 heavy (non-hydrogen) atoms. The molecule has 1 N–H and O–H groups in total. The maximum Gasteiger partial charge on any atom is 0.337 e. The van der Waals surface area contributed by atoms with Gasteiger partial charge in [0.25, 0.3) is 0 Å². The Balaban J connectivity index is 2.16. The minimum atomic E-state index is -0.700. The van der Waals surface area contributed by atoms with Crippen molar-refractivity contribution in [3.05, 3.63) is 29.3 Å². The SMILES string of the molecule is COC(=O)c1ccc2c(c1)[C@](C)(N1CCCC1)[C@@H](O)C(C)(C)O2. The topological polar surface area (TPSA) is 59.0 Å². The van der Waals surface area contributed by atoms with Gasteiger partial charge in [0.05, 0.1) is 18.2 Å². The number of hydrogen-bond donors (Lipinski definition) is 1. The van der Waals surface area contributed by atoms with Gasteiger partial charge < -0.3 is 14.6 Å². The molecule has 1 saturated heterocycles. The van der Waals surface area contributed by atoms with Crippen LogP contribution >= 0.6 is 0 Å². The molecule has 3 rings (SSSR count). The third-order valence-electron chi connectivity index (χ3n) is 5.27. The molecule has 0 amide bonds. The lowest BCUT2D eigenvalue weighted by molar-refractivity contribution is -0.132. The van der Waals surface area contributed by atoms with E-state index in [9.17, 15) is 9.90 Å². The Hall–Kier alpha value is -1.59. The molecule has 0 bridgehead atoms. The number of carbonyl (C=O) groups excluding carboxylic acids is 1. The van der Waals surface area contributed by atoms with Crippen LogP contribution in [0.2, 0.25) is 0 Å². The summed E-state index contributed by atoms with van der Waals surface area (Å²) in [6.45, 7) is 7.73. The summed E-state index contributed by atoms with van der Waals surface area (Å²) in [7, 11) is 1.37. The first kappa shape index (κ1) is 16.3. The zero-order chi connectivity index (χ0) is 16.8. The largest absolute Gasteiger partial charge is 0.485 e. The minimum absolute atomic E-state index is 0.379. The van der Waals surface area contributed by atoms with Crippen molar-refractivity contribution in [3.8, 4) is 5.75 Å². The third-order valence-corrected chi connectivity index (χ3v) is 5.27. The number of methoxy groups -OCH3 is 1. The van der Waals surface area contributed by atoms with Crippen molar-refractivity contribution in [1.29, 1.82) is 0 Å². The first-order chi connectivity index (χ1) is 10.8. The van der Waals surface area contributed by atoms with Crippen molar-refractivity contribution in [3.63, 3.8) is 0 Å². The maximum atomic E-state index is 11.9. The molecule has 1 aromatic carbocycles. The predicted molar refractivity (Wildman–Crippen MR) is 86.7 cm³/mol. The van der Waals surface area contributed by atoms with Crippen LogP contribution in [-0.2, 0) is 10.3 Å². The number of aliphatic hydroxyl groups excluding tert-OH is 1. The Labute approximate surface area is 137 Å². The lowest BCUT2D eigenvalue weighted by Gasteiger charge is -2.52. The van der Waals surface area contributed by atoms with Gasteiger partial charge in [0.15, 0.2) is 0 Å². The minimum Gasteiger partial charge on any atom is -0.485 e. The van der Waals surface area contributed by atoms with Gasteiger partial charge >= 0.3 is 5.97 Å². The number of likely N-dealkylation sites (tertiary alicyclic amines) is 1. The summed E-state index contributed by atoms with van der Waals surface area (Å²) in [5, 5.41) is 11.1. The van der Waals surface area contributed by atoms with Gasteiger partial charge in [-0.3, -0.25) is 4.90 Å². The van der Waals surface area contributed by atoms with Gasteiger partial charge in [-0.25, -0.2) is 4.79 Å². The fraction of sp³-hybridized carbons (Fsp3) is 0.611. The van der Waals surface area contributed by atoms with Gasteiger partial charge in [-0.2, -0.15) is 0 Å². The number of fused-ring (bicyclic) bond motifs is 1. The molecule has 0 aromatic heterocycles. The Morgan fingerprint density at radius 2 is 1.96 bits per heavy atom. The number of rotatable bonds is 2. The van der Waals surface area contributed by atoms with Crippen LogP contribution in [-0.4, -0.2) is 47.9 Å². The summed E-state index contributed by atoms with van der Waals surface area (Å²) in [5.74, 6) is 0.346. The maximum absolute atomic E-state index is 11.9. The molecular formula is C18H25NO4. The first-order valence-corrected chi connectivity index (χ1v) is 8.15. The highest BCUT2D eigenvalue weighted by Gasteiger charge is 2.54. The van der Waals surface area contributed by atoms with Crippen LogP contribution in [0.15, 0.2) is 18.2 Å². The van der Waals surface area contributed by atoms with Gasteiger partial charge in [0.1, 0.15) is 17.5 Å². The summed E-state index contributed by atoms with van der Waals surface area (Å²) >= 11 is 0. The van der Waals surface area contributed by atoms with E-state index in [0.717, 1.165) is 37.2 Å². The van der Waals surface area contributed by atoms with Crippen LogP contribution in [0, 0.1) is 0 Å². The number of ether oxygens (including phenoxy) is 2. The molecule has 1 aromatic rings. The first-order valence-electron chi connectivity index (χ1n) is 8.15. The number of nitrogens with zero attached hydrogens (tertiary/aromatic N) is 1. The van der Waals surface area contributed by atoms with Crippen molar-refractivity contribution < 1.29 is 19.4 Å². The number of benzene rings is 1. The quantitative estimate of drug-likeness (QED) is 0.848. The molecule has 2 aliphatic heterocycles. The number of carbonyl (C=O) groups is 1. The summed E-state index contributed by atoms with van der Waals surface area (Å²) in [6, 6.07) is 5.32. The fourth-order valence-corrected chi connectivity index (χ4v) is 3.95. The smallest absolute Gasteiger partial charge is 0.337 e. The van der Waals surface area contributed by atoms with Gasteiger partial charge in [-0.1, -0.05) is 0 Å². The molecular weight excluding hydrogens is 294 g/mol. The van der Waals surface area contributed by atoms with E-state index >= 15 is 0 Å². The Morgan fingerprint density at radius 3 is 2.57 bits per heavy atom. The van der Waals surface area contributed by atoms with Crippen LogP contribution < -0.4 is 4.74 Å². The highest BCUT2D eigenvalue weighted by atomic mass is 16.5. The van der Waals surface area contributed by atoms with Crippen LogP contribution in [0.5, 0.6) is 5.75 Å². The number of aliphatic hydroxyl groups is 1. The van der Waals surface area contributed by atoms with Crippen molar-refractivity contribution in [1.82, 2.24) is 4.90 Å². The van der Waals surface area contributed by atoms with Crippen molar-refractivity contribution in [2.75, 3.05) is 20.2 Å². The molecule has 0 aliphatic carbocycles. The second kappa shape index (κ2) is 5.49.